The molecule has 0 spiro atoms. The van der Waals surface area contributed by atoms with Crippen molar-refractivity contribution in [2.24, 2.45) is 0 Å². The van der Waals surface area contributed by atoms with Gasteiger partial charge in [0.25, 0.3) is 10.0 Å². The van der Waals surface area contributed by atoms with E-state index < -0.39 is 15.8 Å². The topological polar surface area (TPSA) is 98.0 Å². The number of sulfonamides is 1. The Labute approximate surface area is 126 Å². The summed E-state index contributed by atoms with van der Waals surface area (Å²) in [5.41, 5.74) is 5.87. The number of aromatic nitrogens is 2. The van der Waals surface area contributed by atoms with Crippen LogP contribution >= 0.6 is 11.3 Å². The molecular weight excluding hydrogens is 315 g/mol. The van der Waals surface area contributed by atoms with Gasteiger partial charge in [-0.05, 0) is 37.5 Å². The van der Waals surface area contributed by atoms with Gasteiger partial charge in [-0.25, -0.2) is 12.8 Å². The highest BCUT2D eigenvalue weighted by molar-refractivity contribution is 7.93. The van der Waals surface area contributed by atoms with Gasteiger partial charge in [0.15, 0.2) is 0 Å². The van der Waals surface area contributed by atoms with Crippen LogP contribution in [0.5, 0.6) is 0 Å². The maximum atomic E-state index is 13.5. The van der Waals surface area contributed by atoms with Crippen LogP contribution in [0.15, 0.2) is 11.0 Å². The highest BCUT2D eigenvalue weighted by Crippen LogP contribution is 2.29. The van der Waals surface area contributed by atoms with Crippen LogP contribution < -0.4 is 10.5 Å². The van der Waals surface area contributed by atoms with Crippen molar-refractivity contribution < 1.29 is 12.8 Å². The van der Waals surface area contributed by atoms with Crippen LogP contribution in [0.2, 0.25) is 0 Å². The van der Waals surface area contributed by atoms with Crippen molar-refractivity contribution in [1.29, 1.82) is 0 Å². The van der Waals surface area contributed by atoms with Crippen LogP contribution in [0, 0.1) is 19.7 Å². The molecule has 0 radical (unpaired) electrons. The van der Waals surface area contributed by atoms with Crippen molar-refractivity contribution in [2.75, 3.05) is 10.5 Å². The molecule has 9 heteroatoms. The van der Waals surface area contributed by atoms with Crippen molar-refractivity contribution in [3.8, 4) is 0 Å². The largest absolute Gasteiger partial charge is 0.396 e. The first-order valence-corrected chi connectivity index (χ1v) is 8.46. The average Bonchev–Trinajstić information content (AvgIpc) is 2.82. The smallest absolute Gasteiger partial charge is 0.264 e. The number of nitrogens with zero attached hydrogens (tertiary/aromatic N) is 2. The molecule has 2 aromatic rings. The van der Waals surface area contributed by atoms with Crippen molar-refractivity contribution in [2.45, 2.75) is 32.1 Å². The Morgan fingerprint density at radius 2 is 2.05 bits per heavy atom. The average molecular weight is 330 g/mol. The zero-order chi connectivity index (χ0) is 15.8. The lowest BCUT2D eigenvalue weighted by Gasteiger charge is -2.13. The highest BCUT2D eigenvalue weighted by Gasteiger charge is 2.24. The molecule has 114 valence electrons. The number of aryl methyl sites for hydroxylation is 2. The van der Waals surface area contributed by atoms with Crippen LogP contribution in [-0.2, 0) is 16.4 Å². The molecule has 21 heavy (non-hydrogen) atoms. The Hall–Kier alpha value is -1.74. The summed E-state index contributed by atoms with van der Waals surface area (Å²) in [5, 5.41) is 8.51. The molecule has 6 nitrogen and oxygen atoms in total. The minimum Gasteiger partial charge on any atom is -0.396 e. The first kappa shape index (κ1) is 15.6. The van der Waals surface area contributed by atoms with Crippen LogP contribution in [0.1, 0.15) is 23.1 Å². The lowest BCUT2D eigenvalue weighted by atomic mass is 10.1. The van der Waals surface area contributed by atoms with Gasteiger partial charge in [-0.2, -0.15) is 0 Å². The molecular formula is C12H15FN4O2S2. The predicted molar refractivity (Wildman–Crippen MR) is 80.4 cm³/mol. The Kier molecular flexibility index (Phi) is 4.15. The fraction of sp³-hybridized carbons (Fsp3) is 0.333. The SMILES string of the molecule is CCc1nnc(NS(=O)(=O)c2c(C)cc(F)c(N)c2C)s1. The summed E-state index contributed by atoms with van der Waals surface area (Å²) >= 11 is 1.16. The molecule has 2 rings (SSSR count). The number of anilines is 2. The molecule has 0 aliphatic carbocycles. The van der Waals surface area contributed by atoms with Crippen molar-refractivity contribution in [3.05, 3.63) is 28.0 Å². The van der Waals surface area contributed by atoms with Gasteiger partial charge in [-0.1, -0.05) is 18.3 Å². The van der Waals surface area contributed by atoms with Gasteiger partial charge in [0, 0.05) is 0 Å². The van der Waals surface area contributed by atoms with E-state index in [0.717, 1.165) is 22.4 Å². The van der Waals surface area contributed by atoms with Gasteiger partial charge in [0.1, 0.15) is 10.8 Å². The third-order valence-corrected chi connectivity index (χ3v) is 5.70. The number of benzene rings is 1. The summed E-state index contributed by atoms with van der Waals surface area (Å²) < 4.78 is 40.8. The number of hydrogen-bond acceptors (Lipinski definition) is 6. The molecule has 0 saturated carbocycles. The molecule has 0 bridgehead atoms. The van der Waals surface area contributed by atoms with Crippen molar-refractivity contribution >= 4 is 32.2 Å². The van der Waals surface area contributed by atoms with E-state index in [9.17, 15) is 12.8 Å². The van der Waals surface area contributed by atoms with E-state index in [4.69, 9.17) is 5.73 Å². The standard InChI is InChI=1S/C12H15FN4O2S2/c1-4-9-15-16-12(20-9)17-21(18,19)11-6(2)5-8(13)10(14)7(11)3/h5H,4,14H2,1-3H3,(H,16,17). The van der Waals surface area contributed by atoms with E-state index >= 15 is 0 Å². The lowest BCUT2D eigenvalue weighted by Crippen LogP contribution is -2.17. The van der Waals surface area contributed by atoms with E-state index in [1.165, 1.54) is 13.8 Å². The number of hydrogen-bond donors (Lipinski definition) is 2. The lowest BCUT2D eigenvalue weighted by molar-refractivity contribution is 0.598. The number of nitrogen functional groups attached to an aromatic ring is 1. The van der Waals surface area contributed by atoms with Crippen LogP contribution in [0.3, 0.4) is 0 Å². The molecule has 1 aromatic carbocycles. The molecule has 0 atom stereocenters. The summed E-state index contributed by atoms with van der Waals surface area (Å²) in [5.74, 6) is -0.631. The zero-order valence-electron chi connectivity index (χ0n) is 11.8. The second-order valence-corrected chi connectivity index (χ2v) is 7.18. The maximum Gasteiger partial charge on any atom is 0.264 e. The Bertz CT molecular complexity index is 787. The normalized spacial score (nSPS) is 11.6. The number of halogens is 1. The van der Waals surface area contributed by atoms with Gasteiger partial charge in [-0.3, -0.25) is 4.72 Å². The van der Waals surface area contributed by atoms with E-state index in [0.29, 0.717) is 6.42 Å². The molecule has 3 N–H and O–H groups in total. The fourth-order valence-corrected chi connectivity index (χ4v) is 4.34. The van der Waals surface area contributed by atoms with E-state index in [1.54, 1.807) is 0 Å². The summed E-state index contributed by atoms with van der Waals surface area (Å²) in [6.45, 7) is 4.88. The maximum absolute atomic E-state index is 13.5. The van der Waals surface area contributed by atoms with Crippen molar-refractivity contribution in [3.63, 3.8) is 0 Å². The van der Waals surface area contributed by atoms with Crippen LogP contribution in [-0.4, -0.2) is 18.6 Å². The summed E-state index contributed by atoms with van der Waals surface area (Å²) in [4.78, 5) is -0.0327. The summed E-state index contributed by atoms with van der Waals surface area (Å²) in [6, 6.07) is 1.11. The number of rotatable bonds is 4. The monoisotopic (exact) mass is 330 g/mol. The second-order valence-electron chi connectivity index (χ2n) is 4.50. The third kappa shape index (κ3) is 2.98. The van der Waals surface area contributed by atoms with E-state index in [1.807, 2.05) is 6.92 Å². The Balaban J connectivity index is 2.47. The number of nitrogens with one attached hydrogen (secondary N) is 1. The minimum absolute atomic E-state index is 0.0327. The van der Waals surface area contributed by atoms with Crippen molar-refractivity contribution in [1.82, 2.24) is 10.2 Å². The fourth-order valence-electron chi connectivity index (χ4n) is 1.95. The molecule has 0 fully saturated rings. The van der Waals surface area contributed by atoms with Gasteiger partial charge >= 0.3 is 0 Å². The quantitative estimate of drug-likeness (QED) is 0.838. The number of nitrogens with two attached hydrogens (primary N) is 1. The zero-order valence-corrected chi connectivity index (χ0v) is 13.4. The molecule has 0 saturated heterocycles. The molecule has 1 heterocycles. The molecule has 0 amide bonds. The Morgan fingerprint density at radius 1 is 1.38 bits per heavy atom. The summed E-state index contributed by atoms with van der Waals surface area (Å²) in [7, 11) is -3.90. The van der Waals surface area contributed by atoms with Gasteiger partial charge < -0.3 is 5.73 Å². The first-order valence-electron chi connectivity index (χ1n) is 6.16. The highest BCUT2D eigenvalue weighted by atomic mass is 32.2. The molecule has 1 aromatic heterocycles. The second kappa shape index (κ2) is 5.57. The van der Waals surface area contributed by atoms with Crippen LogP contribution in [0.25, 0.3) is 0 Å². The van der Waals surface area contributed by atoms with Gasteiger partial charge in [0.2, 0.25) is 5.13 Å². The Morgan fingerprint density at radius 3 is 2.62 bits per heavy atom. The molecule has 0 unspecified atom stereocenters. The molecule has 0 aliphatic heterocycles. The van der Waals surface area contributed by atoms with Gasteiger partial charge in [-0.15, -0.1) is 10.2 Å². The third-order valence-electron chi connectivity index (χ3n) is 2.96. The van der Waals surface area contributed by atoms with E-state index in [2.05, 4.69) is 14.9 Å². The molecule has 0 aliphatic rings. The van der Waals surface area contributed by atoms with Crippen LogP contribution in [0.4, 0.5) is 15.2 Å². The predicted octanol–water partition coefficient (Wildman–Crippen LogP) is 2.24. The van der Waals surface area contributed by atoms with E-state index in [-0.39, 0.29) is 26.8 Å². The minimum atomic E-state index is -3.90. The van der Waals surface area contributed by atoms with Gasteiger partial charge in [0.05, 0.1) is 10.6 Å². The first-order chi connectivity index (χ1) is 9.76. The summed E-state index contributed by atoms with van der Waals surface area (Å²) in [6.07, 6.45) is 0.668.